The largest absolute Gasteiger partial charge is 0.353 e. The van der Waals surface area contributed by atoms with Gasteiger partial charge in [-0.15, -0.1) is 17.5 Å². The highest BCUT2D eigenvalue weighted by Gasteiger charge is 2.31. The molecule has 1 aromatic heterocycles. The van der Waals surface area contributed by atoms with Gasteiger partial charge >= 0.3 is 0 Å². The number of amides is 1. The smallest absolute Gasteiger partial charge is 0.225 e. The van der Waals surface area contributed by atoms with E-state index >= 15 is 0 Å². The third-order valence-corrected chi connectivity index (χ3v) is 4.86. The van der Waals surface area contributed by atoms with Crippen molar-refractivity contribution in [1.82, 2.24) is 20.4 Å². The monoisotopic (exact) mass is 339 g/mol. The maximum absolute atomic E-state index is 12.7. The van der Waals surface area contributed by atoms with Gasteiger partial charge in [0.1, 0.15) is 0 Å². The highest BCUT2D eigenvalue weighted by molar-refractivity contribution is 5.85. The van der Waals surface area contributed by atoms with E-state index in [4.69, 9.17) is 0 Å². The third kappa shape index (κ3) is 4.32. The topological polar surface area (TPSA) is 61.4 Å². The molecule has 2 aliphatic rings. The van der Waals surface area contributed by atoms with E-state index < -0.39 is 0 Å². The SMILES string of the molecule is CN(C(=O)C1CCNCC1)C1CCCN(c2cccnn2)C1.Cl. The zero-order valence-electron chi connectivity index (χ0n) is 13.6. The summed E-state index contributed by atoms with van der Waals surface area (Å²) in [7, 11) is 1.97. The van der Waals surface area contributed by atoms with E-state index in [0.717, 1.165) is 57.7 Å². The average Bonchev–Trinajstić information content (AvgIpc) is 2.62. The number of nitrogens with one attached hydrogen (secondary N) is 1. The fraction of sp³-hybridized carbons (Fsp3) is 0.688. The standard InChI is InChI=1S/C16H25N5O.ClH/c1-20(16(22)13-6-9-17-10-7-13)14-4-3-11-21(12-14)15-5-2-8-18-19-15;/h2,5,8,13-14,17H,3-4,6-7,9-12H2,1H3;1H. The number of anilines is 1. The lowest BCUT2D eigenvalue weighted by atomic mass is 9.95. The van der Waals surface area contributed by atoms with E-state index in [1.54, 1.807) is 6.20 Å². The summed E-state index contributed by atoms with van der Waals surface area (Å²) in [5.74, 6) is 1.42. The molecule has 2 aliphatic heterocycles. The molecular weight excluding hydrogens is 314 g/mol. The van der Waals surface area contributed by atoms with E-state index in [2.05, 4.69) is 20.4 Å². The molecule has 23 heavy (non-hydrogen) atoms. The second-order valence-corrected chi connectivity index (χ2v) is 6.30. The highest BCUT2D eigenvalue weighted by atomic mass is 35.5. The van der Waals surface area contributed by atoms with Gasteiger partial charge in [-0.25, -0.2) is 0 Å². The maximum Gasteiger partial charge on any atom is 0.225 e. The number of likely N-dealkylation sites (N-methyl/N-ethyl adjacent to an activating group) is 1. The van der Waals surface area contributed by atoms with Crippen LogP contribution in [0.15, 0.2) is 18.3 Å². The summed E-state index contributed by atoms with van der Waals surface area (Å²) in [5, 5.41) is 11.5. The molecule has 1 unspecified atom stereocenters. The molecule has 7 heteroatoms. The summed E-state index contributed by atoms with van der Waals surface area (Å²) in [5.41, 5.74) is 0. The number of piperidine rings is 2. The van der Waals surface area contributed by atoms with Gasteiger partial charge in [0.15, 0.2) is 5.82 Å². The van der Waals surface area contributed by atoms with Gasteiger partial charge in [-0.3, -0.25) is 4.79 Å². The van der Waals surface area contributed by atoms with Crippen LogP contribution in [-0.4, -0.2) is 60.3 Å². The van der Waals surface area contributed by atoms with Crippen molar-refractivity contribution in [2.75, 3.05) is 38.1 Å². The van der Waals surface area contributed by atoms with Crippen molar-refractivity contribution in [3.05, 3.63) is 18.3 Å². The number of halogens is 1. The Hall–Kier alpha value is -1.40. The molecule has 1 aromatic rings. The first kappa shape index (κ1) is 17.9. The summed E-state index contributed by atoms with van der Waals surface area (Å²) >= 11 is 0. The molecule has 0 aliphatic carbocycles. The second-order valence-electron chi connectivity index (χ2n) is 6.30. The van der Waals surface area contributed by atoms with Crippen molar-refractivity contribution in [2.24, 2.45) is 5.92 Å². The predicted octanol–water partition coefficient (Wildman–Crippen LogP) is 1.33. The molecule has 3 rings (SSSR count). The Kier molecular flexibility index (Phi) is 6.59. The van der Waals surface area contributed by atoms with Gasteiger partial charge in [0.25, 0.3) is 0 Å². The van der Waals surface area contributed by atoms with E-state index in [9.17, 15) is 4.79 Å². The summed E-state index contributed by atoms with van der Waals surface area (Å²) < 4.78 is 0. The van der Waals surface area contributed by atoms with Crippen molar-refractivity contribution in [1.29, 1.82) is 0 Å². The van der Waals surface area contributed by atoms with Crippen molar-refractivity contribution < 1.29 is 4.79 Å². The first-order chi connectivity index (χ1) is 10.8. The maximum atomic E-state index is 12.7. The first-order valence-electron chi connectivity index (χ1n) is 8.26. The lowest BCUT2D eigenvalue weighted by molar-refractivity contribution is -0.137. The fourth-order valence-corrected chi connectivity index (χ4v) is 3.48. The Morgan fingerprint density at radius 3 is 2.83 bits per heavy atom. The first-order valence-corrected chi connectivity index (χ1v) is 8.26. The van der Waals surface area contributed by atoms with E-state index in [1.165, 1.54) is 0 Å². The number of nitrogens with zero attached hydrogens (tertiary/aromatic N) is 4. The molecule has 0 bridgehead atoms. The lowest BCUT2D eigenvalue weighted by Crippen LogP contribution is -2.51. The minimum absolute atomic E-state index is 0. The van der Waals surface area contributed by atoms with Crippen molar-refractivity contribution in [3.8, 4) is 0 Å². The van der Waals surface area contributed by atoms with Crippen LogP contribution in [0.4, 0.5) is 5.82 Å². The fourth-order valence-electron chi connectivity index (χ4n) is 3.48. The minimum Gasteiger partial charge on any atom is -0.353 e. The van der Waals surface area contributed by atoms with E-state index in [-0.39, 0.29) is 24.4 Å². The molecule has 2 fully saturated rings. The zero-order chi connectivity index (χ0) is 15.4. The Labute approximate surface area is 144 Å². The van der Waals surface area contributed by atoms with Gasteiger partial charge in [-0.05, 0) is 50.9 Å². The normalized spacial score (nSPS) is 22.3. The highest BCUT2D eigenvalue weighted by Crippen LogP contribution is 2.22. The number of hydrogen-bond acceptors (Lipinski definition) is 5. The van der Waals surface area contributed by atoms with Crippen LogP contribution in [-0.2, 0) is 4.79 Å². The number of hydrogen-bond donors (Lipinski definition) is 1. The summed E-state index contributed by atoms with van der Waals surface area (Å²) in [6, 6.07) is 4.18. The number of rotatable bonds is 3. The molecule has 1 atom stereocenters. The zero-order valence-corrected chi connectivity index (χ0v) is 14.5. The van der Waals surface area contributed by atoms with E-state index in [0.29, 0.717) is 5.91 Å². The van der Waals surface area contributed by atoms with Crippen molar-refractivity contribution >= 4 is 24.1 Å². The third-order valence-electron chi connectivity index (χ3n) is 4.86. The van der Waals surface area contributed by atoms with Crippen molar-refractivity contribution in [2.45, 2.75) is 31.7 Å². The van der Waals surface area contributed by atoms with Crippen LogP contribution in [0.2, 0.25) is 0 Å². The summed E-state index contributed by atoms with van der Waals surface area (Å²) in [4.78, 5) is 16.9. The molecule has 0 aromatic carbocycles. The molecule has 0 spiro atoms. The number of aromatic nitrogens is 2. The van der Waals surface area contributed by atoms with Crippen LogP contribution in [0.25, 0.3) is 0 Å². The minimum atomic E-state index is 0. The summed E-state index contributed by atoms with van der Waals surface area (Å²) in [6.07, 6.45) is 5.78. The Bertz CT molecular complexity index is 495. The van der Waals surface area contributed by atoms with Gasteiger partial charge in [0, 0.05) is 38.3 Å². The van der Waals surface area contributed by atoms with Crippen molar-refractivity contribution in [3.63, 3.8) is 0 Å². The van der Waals surface area contributed by atoms with Crippen LogP contribution in [0.5, 0.6) is 0 Å². The van der Waals surface area contributed by atoms with Crippen LogP contribution >= 0.6 is 12.4 Å². The molecule has 3 heterocycles. The van der Waals surface area contributed by atoms with Gasteiger partial charge in [-0.2, -0.15) is 5.10 Å². The molecular formula is C16H26ClN5O. The molecule has 1 N–H and O–H groups in total. The molecule has 6 nitrogen and oxygen atoms in total. The number of carbonyl (C=O) groups is 1. The Balaban J connectivity index is 0.00000192. The lowest BCUT2D eigenvalue weighted by Gasteiger charge is -2.39. The van der Waals surface area contributed by atoms with Gasteiger partial charge in [0.2, 0.25) is 5.91 Å². The average molecular weight is 340 g/mol. The Morgan fingerprint density at radius 1 is 1.35 bits per heavy atom. The molecule has 128 valence electrons. The van der Waals surface area contributed by atoms with Gasteiger partial charge in [0.05, 0.1) is 0 Å². The second kappa shape index (κ2) is 8.45. The van der Waals surface area contributed by atoms with Gasteiger partial charge < -0.3 is 15.1 Å². The summed E-state index contributed by atoms with van der Waals surface area (Å²) in [6.45, 7) is 3.76. The van der Waals surface area contributed by atoms with Gasteiger partial charge in [-0.1, -0.05) is 0 Å². The van der Waals surface area contributed by atoms with Crippen LogP contribution in [0, 0.1) is 5.92 Å². The number of carbonyl (C=O) groups excluding carboxylic acids is 1. The van der Waals surface area contributed by atoms with Crippen LogP contribution < -0.4 is 10.2 Å². The predicted molar refractivity (Wildman–Crippen MR) is 92.9 cm³/mol. The molecule has 0 radical (unpaired) electrons. The quantitative estimate of drug-likeness (QED) is 0.900. The molecule has 0 saturated carbocycles. The Morgan fingerprint density at radius 2 is 2.13 bits per heavy atom. The molecule has 2 saturated heterocycles. The van der Waals surface area contributed by atoms with Crippen LogP contribution in [0.3, 0.4) is 0 Å². The van der Waals surface area contributed by atoms with E-state index in [1.807, 2.05) is 24.1 Å². The van der Waals surface area contributed by atoms with Crippen LogP contribution in [0.1, 0.15) is 25.7 Å². The molecule has 1 amide bonds.